The van der Waals surface area contributed by atoms with E-state index in [4.69, 9.17) is 4.74 Å². The van der Waals surface area contributed by atoms with E-state index in [2.05, 4.69) is 10.3 Å². The molecular formula is C12H14N2O2. The number of hydrogen-bond donors (Lipinski definition) is 2. The minimum absolute atomic E-state index is 0.409. The molecule has 0 aliphatic carbocycles. The standard InChI is InChI=1S/C12H14N2O2/c1-2-6-14-12(15)16-10-4-3-9-5-7-13-11(9)8-10/h3-5,7-8,13H,2,6H2,1H3,(H,14,15). The molecule has 84 valence electrons. The Morgan fingerprint density at radius 2 is 2.31 bits per heavy atom. The van der Waals surface area contributed by atoms with E-state index in [1.807, 2.05) is 25.3 Å². The van der Waals surface area contributed by atoms with Crippen molar-refractivity contribution in [3.8, 4) is 5.75 Å². The molecule has 0 saturated heterocycles. The molecule has 2 N–H and O–H groups in total. The second-order valence-electron chi connectivity index (χ2n) is 3.54. The number of carbonyl (C=O) groups excluding carboxylic acids is 1. The summed E-state index contributed by atoms with van der Waals surface area (Å²) in [5.74, 6) is 0.545. The van der Waals surface area contributed by atoms with E-state index in [0.717, 1.165) is 17.3 Å². The van der Waals surface area contributed by atoms with Crippen molar-refractivity contribution in [3.05, 3.63) is 30.5 Å². The van der Waals surface area contributed by atoms with Gasteiger partial charge in [-0.05, 0) is 30.0 Å². The summed E-state index contributed by atoms with van der Waals surface area (Å²) in [6.07, 6.45) is 2.34. The summed E-state index contributed by atoms with van der Waals surface area (Å²) in [5, 5.41) is 3.75. The molecule has 0 radical (unpaired) electrons. The molecule has 4 nitrogen and oxygen atoms in total. The zero-order valence-electron chi connectivity index (χ0n) is 9.12. The highest BCUT2D eigenvalue weighted by Gasteiger charge is 2.03. The van der Waals surface area contributed by atoms with Crippen molar-refractivity contribution < 1.29 is 9.53 Å². The Morgan fingerprint density at radius 3 is 3.12 bits per heavy atom. The van der Waals surface area contributed by atoms with E-state index in [1.54, 1.807) is 12.1 Å². The average molecular weight is 218 g/mol. The molecule has 2 rings (SSSR count). The molecule has 2 aromatic rings. The van der Waals surface area contributed by atoms with Gasteiger partial charge >= 0.3 is 6.09 Å². The first-order chi connectivity index (χ1) is 7.79. The normalized spacial score (nSPS) is 10.3. The summed E-state index contributed by atoms with van der Waals surface area (Å²) >= 11 is 0. The van der Waals surface area contributed by atoms with Crippen LogP contribution in [0.2, 0.25) is 0 Å². The van der Waals surface area contributed by atoms with E-state index >= 15 is 0 Å². The van der Waals surface area contributed by atoms with Gasteiger partial charge in [0.2, 0.25) is 0 Å². The fraction of sp³-hybridized carbons (Fsp3) is 0.250. The second kappa shape index (κ2) is 4.70. The van der Waals surface area contributed by atoms with Crippen molar-refractivity contribution in [3.63, 3.8) is 0 Å². The SMILES string of the molecule is CCCNC(=O)Oc1ccc2cc[nH]c2c1. The number of aromatic amines is 1. The summed E-state index contributed by atoms with van der Waals surface area (Å²) in [5.41, 5.74) is 0.959. The van der Waals surface area contributed by atoms with Crippen LogP contribution in [0.25, 0.3) is 10.9 Å². The van der Waals surface area contributed by atoms with Crippen LogP contribution in [0.4, 0.5) is 4.79 Å². The van der Waals surface area contributed by atoms with E-state index in [0.29, 0.717) is 12.3 Å². The predicted octanol–water partition coefficient (Wildman–Crippen LogP) is 2.67. The average Bonchev–Trinajstić information content (AvgIpc) is 2.73. The number of nitrogens with one attached hydrogen (secondary N) is 2. The van der Waals surface area contributed by atoms with Crippen LogP contribution in [-0.2, 0) is 0 Å². The lowest BCUT2D eigenvalue weighted by Gasteiger charge is -2.05. The van der Waals surface area contributed by atoms with E-state index < -0.39 is 6.09 Å². The number of fused-ring (bicyclic) bond motifs is 1. The minimum Gasteiger partial charge on any atom is -0.410 e. The van der Waals surface area contributed by atoms with Crippen molar-refractivity contribution in [2.75, 3.05) is 6.54 Å². The van der Waals surface area contributed by atoms with Crippen molar-refractivity contribution in [2.45, 2.75) is 13.3 Å². The number of aromatic nitrogens is 1. The molecule has 0 aliphatic rings. The lowest BCUT2D eigenvalue weighted by atomic mass is 10.2. The largest absolute Gasteiger partial charge is 0.412 e. The van der Waals surface area contributed by atoms with Gasteiger partial charge in [-0.2, -0.15) is 0 Å². The van der Waals surface area contributed by atoms with Gasteiger partial charge in [-0.1, -0.05) is 6.92 Å². The molecule has 1 heterocycles. The van der Waals surface area contributed by atoms with Gasteiger partial charge < -0.3 is 15.0 Å². The molecule has 0 saturated carbocycles. The Labute approximate surface area is 93.6 Å². The number of carbonyl (C=O) groups is 1. The Bertz CT molecular complexity index is 490. The molecule has 0 spiro atoms. The fourth-order valence-electron chi connectivity index (χ4n) is 1.46. The molecule has 16 heavy (non-hydrogen) atoms. The van der Waals surface area contributed by atoms with Crippen LogP contribution in [0.3, 0.4) is 0 Å². The van der Waals surface area contributed by atoms with Crippen LogP contribution in [0, 0.1) is 0 Å². The molecule has 0 aliphatic heterocycles. The first-order valence-corrected chi connectivity index (χ1v) is 5.32. The van der Waals surface area contributed by atoms with E-state index in [9.17, 15) is 4.79 Å². The molecule has 0 unspecified atom stereocenters. The summed E-state index contributed by atoms with van der Waals surface area (Å²) in [6.45, 7) is 2.62. The van der Waals surface area contributed by atoms with Crippen LogP contribution in [0.1, 0.15) is 13.3 Å². The van der Waals surface area contributed by atoms with Crippen LogP contribution >= 0.6 is 0 Å². The zero-order valence-corrected chi connectivity index (χ0v) is 9.12. The third-order valence-electron chi connectivity index (χ3n) is 2.26. The number of hydrogen-bond acceptors (Lipinski definition) is 2. The highest BCUT2D eigenvalue weighted by molar-refractivity contribution is 5.81. The van der Waals surface area contributed by atoms with Crippen molar-refractivity contribution in [1.29, 1.82) is 0 Å². The van der Waals surface area contributed by atoms with Crippen LogP contribution < -0.4 is 10.1 Å². The quantitative estimate of drug-likeness (QED) is 0.832. The maximum absolute atomic E-state index is 11.3. The Hall–Kier alpha value is -1.97. The van der Waals surface area contributed by atoms with Gasteiger partial charge in [0.15, 0.2) is 0 Å². The van der Waals surface area contributed by atoms with Crippen molar-refractivity contribution in [1.82, 2.24) is 10.3 Å². The van der Waals surface area contributed by atoms with Gasteiger partial charge in [0.1, 0.15) is 5.75 Å². The lowest BCUT2D eigenvalue weighted by Crippen LogP contribution is -2.27. The molecule has 0 bridgehead atoms. The zero-order chi connectivity index (χ0) is 11.4. The number of H-pyrrole nitrogens is 1. The smallest absolute Gasteiger partial charge is 0.410 e. The fourth-order valence-corrected chi connectivity index (χ4v) is 1.46. The highest BCUT2D eigenvalue weighted by atomic mass is 16.6. The van der Waals surface area contributed by atoms with Crippen LogP contribution in [0.15, 0.2) is 30.5 Å². The Morgan fingerprint density at radius 1 is 1.44 bits per heavy atom. The minimum atomic E-state index is -0.409. The third-order valence-corrected chi connectivity index (χ3v) is 2.26. The molecule has 1 aromatic carbocycles. The predicted molar refractivity (Wildman–Crippen MR) is 62.6 cm³/mol. The van der Waals surface area contributed by atoms with Gasteiger partial charge in [0.05, 0.1) is 0 Å². The maximum Gasteiger partial charge on any atom is 0.412 e. The molecule has 1 aromatic heterocycles. The first-order valence-electron chi connectivity index (χ1n) is 5.32. The summed E-state index contributed by atoms with van der Waals surface area (Å²) < 4.78 is 5.12. The Balaban J connectivity index is 2.06. The van der Waals surface area contributed by atoms with Crippen LogP contribution in [-0.4, -0.2) is 17.6 Å². The topological polar surface area (TPSA) is 54.1 Å². The Kier molecular flexibility index (Phi) is 3.10. The highest BCUT2D eigenvalue weighted by Crippen LogP contribution is 2.19. The summed E-state index contributed by atoms with van der Waals surface area (Å²) in [7, 11) is 0. The number of benzene rings is 1. The van der Waals surface area contributed by atoms with E-state index in [1.165, 1.54) is 0 Å². The monoisotopic (exact) mass is 218 g/mol. The molecule has 4 heteroatoms. The van der Waals surface area contributed by atoms with Crippen LogP contribution in [0.5, 0.6) is 5.75 Å². The van der Waals surface area contributed by atoms with Crippen molar-refractivity contribution >= 4 is 17.0 Å². The van der Waals surface area contributed by atoms with Gasteiger partial charge in [-0.3, -0.25) is 0 Å². The maximum atomic E-state index is 11.3. The van der Waals surface area contributed by atoms with E-state index in [-0.39, 0.29) is 0 Å². The van der Waals surface area contributed by atoms with Crippen molar-refractivity contribution in [2.24, 2.45) is 0 Å². The number of rotatable bonds is 3. The van der Waals surface area contributed by atoms with Gasteiger partial charge in [0.25, 0.3) is 0 Å². The molecular weight excluding hydrogens is 204 g/mol. The molecule has 0 fully saturated rings. The van der Waals surface area contributed by atoms with Gasteiger partial charge in [-0.25, -0.2) is 4.79 Å². The number of amides is 1. The third kappa shape index (κ3) is 2.34. The summed E-state index contributed by atoms with van der Waals surface area (Å²) in [4.78, 5) is 14.4. The van der Waals surface area contributed by atoms with Gasteiger partial charge in [0, 0.05) is 24.3 Å². The lowest BCUT2D eigenvalue weighted by molar-refractivity contribution is 0.200. The number of ether oxygens (including phenoxy) is 1. The molecule has 0 atom stereocenters. The second-order valence-corrected chi connectivity index (χ2v) is 3.54. The van der Waals surface area contributed by atoms with Gasteiger partial charge in [-0.15, -0.1) is 0 Å². The summed E-state index contributed by atoms with van der Waals surface area (Å²) in [6, 6.07) is 7.47. The molecule has 1 amide bonds. The first kappa shape index (κ1) is 10.5.